The van der Waals surface area contributed by atoms with Gasteiger partial charge in [0.25, 0.3) is 0 Å². The maximum atomic E-state index is 13.3. The van der Waals surface area contributed by atoms with Crippen LogP contribution >= 0.6 is 0 Å². The topological polar surface area (TPSA) is 27.1 Å². The van der Waals surface area contributed by atoms with Gasteiger partial charge in [0.15, 0.2) is 11.6 Å². The average Bonchev–Trinajstić information content (AvgIpc) is 2.87. The molecule has 21 heavy (non-hydrogen) atoms. The van der Waals surface area contributed by atoms with E-state index in [0.29, 0.717) is 24.2 Å². The van der Waals surface area contributed by atoms with E-state index in [1.54, 1.807) is 10.9 Å². The number of aromatic nitrogens is 2. The van der Waals surface area contributed by atoms with Crippen molar-refractivity contribution < 1.29 is 13.5 Å². The van der Waals surface area contributed by atoms with Gasteiger partial charge < -0.3 is 9.30 Å². The van der Waals surface area contributed by atoms with E-state index in [-0.39, 0.29) is 0 Å². The maximum absolute atomic E-state index is 13.3. The van der Waals surface area contributed by atoms with Crippen molar-refractivity contribution >= 4 is 11.0 Å². The molecule has 1 aromatic heterocycles. The Labute approximate surface area is 120 Å². The maximum Gasteiger partial charge on any atom is 0.161 e. The molecule has 0 unspecified atom stereocenters. The van der Waals surface area contributed by atoms with E-state index >= 15 is 0 Å². The van der Waals surface area contributed by atoms with Crippen LogP contribution in [0, 0.1) is 11.6 Å². The lowest BCUT2D eigenvalue weighted by Gasteiger charge is -2.07. The van der Waals surface area contributed by atoms with Crippen LogP contribution in [0.1, 0.15) is 6.42 Å². The Morgan fingerprint density at radius 2 is 1.81 bits per heavy atom. The predicted molar refractivity (Wildman–Crippen MR) is 76.2 cm³/mol. The highest BCUT2D eigenvalue weighted by atomic mass is 19.2. The fraction of sp³-hybridized carbons (Fsp3) is 0.188. The van der Waals surface area contributed by atoms with Crippen LogP contribution in [0.25, 0.3) is 11.0 Å². The van der Waals surface area contributed by atoms with Gasteiger partial charge in [0, 0.05) is 18.7 Å². The molecule has 3 rings (SSSR count). The zero-order chi connectivity index (χ0) is 14.7. The molecular weight excluding hydrogens is 274 g/mol. The number of ether oxygens (including phenoxy) is 1. The van der Waals surface area contributed by atoms with Gasteiger partial charge in [-0.1, -0.05) is 18.2 Å². The predicted octanol–water partition coefficient (Wildman–Crippen LogP) is 3.78. The molecule has 0 bridgehead atoms. The number of hydrogen-bond donors (Lipinski definition) is 0. The van der Waals surface area contributed by atoms with Gasteiger partial charge in [0.1, 0.15) is 5.75 Å². The van der Waals surface area contributed by atoms with Gasteiger partial charge in [-0.05, 0) is 18.6 Å². The first-order valence-electron chi connectivity index (χ1n) is 6.72. The van der Waals surface area contributed by atoms with E-state index in [9.17, 15) is 8.78 Å². The summed E-state index contributed by atoms with van der Waals surface area (Å²) < 4.78 is 33.8. The molecule has 0 fully saturated rings. The molecule has 1 heterocycles. The number of imidazole rings is 1. The summed E-state index contributed by atoms with van der Waals surface area (Å²) in [5.74, 6) is -0.911. The van der Waals surface area contributed by atoms with Crippen molar-refractivity contribution in [3.63, 3.8) is 0 Å². The lowest BCUT2D eigenvalue weighted by molar-refractivity contribution is 0.302. The molecule has 5 heteroatoms. The van der Waals surface area contributed by atoms with Gasteiger partial charge in [-0.15, -0.1) is 0 Å². The van der Waals surface area contributed by atoms with Crippen molar-refractivity contribution in [1.29, 1.82) is 0 Å². The zero-order valence-electron chi connectivity index (χ0n) is 11.3. The summed E-state index contributed by atoms with van der Waals surface area (Å²) in [6.07, 6.45) is 2.34. The second-order valence-corrected chi connectivity index (χ2v) is 4.71. The SMILES string of the molecule is Fc1cc2ncn(CCCOc3ccccc3)c2cc1F. The van der Waals surface area contributed by atoms with E-state index < -0.39 is 11.6 Å². The summed E-state index contributed by atoms with van der Waals surface area (Å²) >= 11 is 0. The minimum absolute atomic E-state index is 0.456. The third-order valence-corrected chi connectivity index (χ3v) is 3.22. The van der Waals surface area contributed by atoms with E-state index in [4.69, 9.17) is 4.74 Å². The Balaban J connectivity index is 1.62. The number of nitrogens with zero attached hydrogens (tertiary/aromatic N) is 2. The molecule has 3 aromatic rings. The average molecular weight is 288 g/mol. The van der Waals surface area contributed by atoms with Crippen molar-refractivity contribution in [1.82, 2.24) is 9.55 Å². The Kier molecular flexibility index (Phi) is 3.81. The van der Waals surface area contributed by atoms with Crippen molar-refractivity contribution in [3.05, 3.63) is 60.4 Å². The van der Waals surface area contributed by atoms with Gasteiger partial charge in [-0.3, -0.25) is 0 Å². The second-order valence-electron chi connectivity index (χ2n) is 4.71. The fourth-order valence-corrected chi connectivity index (χ4v) is 2.17. The summed E-state index contributed by atoms with van der Waals surface area (Å²) in [4.78, 5) is 4.07. The Morgan fingerprint density at radius 1 is 1.05 bits per heavy atom. The van der Waals surface area contributed by atoms with E-state index in [2.05, 4.69) is 4.98 Å². The number of para-hydroxylation sites is 1. The number of halogens is 2. The van der Waals surface area contributed by atoms with Crippen LogP contribution in [-0.2, 0) is 6.54 Å². The monoisotopic (exact) mass is 288 g/mol. The molecule has 2 aromatic carbocycles. The minimum atomic E-state index is -0.875. The summed E-state index contributed by atoms with van der Waals surface area (Å²) in [5.41, 5.74) is 1.05. The lowest BCUT2D eigenvalue weighted by atomic mass is 10.3. The molecule has 0 aliphatic heterocycles. The molecule has 3 nitrogen and oxygen atoms in total. The van der Waals surface area contributed by atoms with Crippen molar-refractivity contribution in [2.75, 3.05) is 6.61 Å². The van der Waals surface area contributed by atoms with Crippen LogP contribution in [0.3, 0.4) is 0 Å². The zero-order valence-corrected chi connectivity index (χ0v) is 11.3. The Hall–Kier alpha value is -2.43. The number of hydrogen-bond acceptors (Lipinski definition) is 2. The molecule has 0 radical (unpaired) electrons. The van der Waals surface area contributed by atoms with Crippen LogP contribution in [0.2, 0.25) is 0 Å². The molecule has 0 spiro atoms. The summed E-state index contributed by atoms with van der Waals surface area (Å²) in [6, 6.07) is 11.8. The highest BCUT2D eigenvalue weighted by molar-refractivity contribution is 5.75. The number of fused-ring (bicyclic) bond motifs is 1. The van der Waals surface area contributed by atoms with E-state index in [0.717, 1.165) is 18.2 Å². The van der Waals surface area contributed by atoms with E-state index in [1.807, 2.05) is 30.3 Å². The van der Waals surface area contributed by atoms with Crippen molar-refractivity contribution in [3.8, 4) is 5.75 Å². The normalized spacial score (nSPS) is 11.0. The Bertz CT molecular complexity index is 741. The lowest BCUT2D eigenvalue weighted by Crippen LogP contribution is -2.04. The van der Waals surface area contributed by atoms with Gasteiger partial charge in [-0.2, -0.15) is 0 Å². The molecule has 0 aliphatic carbocycles. The van der Waals surface area contributed by atoms with Crippen molar-refractivity contribution in [2.24, 2.45) is 0 Å². The number of benzene rings is 2. The molecule has 0 saturated heterocycles. The standard InChI is InChI=1S/C16H14F2N2O/c17-13-9-15-16(10-14(13)18)20(11-19-15)7-4-8-21-12-5-2-1-3-6-12/h1-3,5-6,9-11H,4,7-8H2. The number of aryl methyl sites for hydroxylation is 1. The fourth-order valence-electron chi connectivity index (χ4n) is 2.17. The van der Waals surface area contributed by atoms with Gasteiger partial charge in [-0.25, -0.2) is 13.8 Å². The molecule has 108 valence electrons. The number of rotatable bonds is 5. The molecule has 0 N–H and O–H groups in total. The van der Waals surface area contributed by atoms with E-state index in [1.165, 1.54) is 6.07 Å². The minimum Gasteiger partial charge on any atom is -0.494 e. The summed E-state index contributed by atoms with van der Waals surface area (Å²) in [6.45, 7) is 1.18. The highest BCUT2D eigenvalue weighted by Gasteiger charge is 2.08. The largest absolute Gasteiger partial charge is 0.494 e. The molecule has 0 saturated carbocycles. The van der Waals surface area contributed by atoms with Gasteiger partial charge in [0.05, 0.1) is 24.0 Å². The van der Waals surface area contributed by atoms with Gasteiger partial charge >= 0.3 is 0 Å². The summed E-state index contributed by atoms with van der Waals surface area (Å²) in [5, 5.41) is 0. The Morgan fingerprint density at radius 3 is 2.62 bits per heavy atom. The third-order valence-electron chi connectivity index (χ3n) is 3.22. The molecule has 0 atom stereocenters. The molecular formula is C16H14F2N2O. The third kappa shape index (κ3) is 3.02. The second kappa shape index (κ2) is 5.91. The van der Waals surface area contributed by atoms with Crippen LogP contribution in [0.4, 0.5) is 8.78 Å². The first-order valence-corrected chi connectivity index (χ1v) is 6.72. The molecule has 0 aliphatic rings. The quantitative estimate of drug-likeness (QED) is 0.668. The smallest absolute Gasteiger partial charge is 0.161 e. The summed E-state index contributed by atoms with van der Waals surface area (Å²) in [7, 11) is 0. The first-order chi connectivity index (χ1) is 10.2. The highest BCUT2D eigenvalue weighted by Crippen LogP contribution is 2.18. The van der Waals surface area contributed by atoms with Crippen LogP contribution < -0.4 is 4.74 Å². The van der Waals surface area contributed by atoms with Crippen LogP contribution in [0.15, 0.2) is 48.8 Å². The molecule has 0 amide bonds. The van der Waals surface area contributed by atoms with Gasteiger partial charge in [0.2, 0.25) is 0 Å². The van der Waals surface area contributed by atoms with Crippen molar-refractivity contribution in [2.45, 2.75) is 13.0 Å². The first kappa shape index (κ1) is 13.5. The van der Waals surface area contributed by atoms with Crippen LogP contribution in [0.5, 0.6) is 5.75 Å². The van der Waals surface area contributed by atoms with Crippen LogP contribution in [-0.4, -0.2) is 16.2 Å².